The molecule has 0 amide bonds. The summed E-state index contributed by atoms with van der Waals surface area (Å²) in [4.78, 5) is 0. The topological polar surface area (TPSA) is 47.0 Å². The van der Waals surface area contributed by atoms with Crippen LogP contribution in [0, 0.1) is 5.92 Å². The van der Waals surface area contributed by atoms with Crippen LogP contribution in [0.3, 0.4) is 0 Å². The summed E-state index contributed by atoms with van der Waals surface area (Å²) in [6.45, 7) is 1.60. The molecule has 2 aliphatic rings. The molecule has 2 aliphatic carbocycles. The minimum atomic E-state index is 0.657. The van der Waals surface area contributed by atoms with Gasteiger partial charge in [0.15, 0.2) is 0 Å². The maximum atomic E-state index is 5.61. The number of rotatable bonds is 7. The zero-order valence-electron chi connectivity index (χ0n) is 10.8. The lowest BCUT2D eigenvalue weighted by Gasteiger charge is -2.24. The van der Waals surface area contributed by atoms with Crippen molar-refractivity contribution in [2.45, 2.75) is 51.1 Å². The van der Waals surface area contributed by atoms with Crippen LogP contribution in [0.4, 0.5) is 0 Å². The molecule has 0 unspecified atom stereocenters. The molecular formula is C14H21N3O. The Hall–Kier alpha value is -1.16. The lowest BCUT2D eigenvalue weighted by atomic mass is 9.83. The van der Waals surface area contributed by atoms with Crippen LogP contribution in [0.25, 0.3) is 0 Å². The SMILES string of the molecule is c1cc(OCCC2CCC2)nnc1CNC1CC1. The Morgan fingerprint density at radius 1 is 1.17 bits per heavy atom. The van der Waals surface area contributed by atoms with Gasteiger partial charge >= 0.3 is 0 Å². The summed E-state index contributed by atoms with van der Waals surface area (Å²) in [6.07, 6.45) is 7.91. The fourth-order valence-electron chi connectivity index (χ4n) is 2.17. The average molecular weight is 247 g/mol. The smallest absolute Gasteiger partial charge is 0.233 e. The van der Waals surface area contributed by atoms with Gasteiger partial charge in [-0.05, 0) is 31.2 Å². The van der Waals surface area contributed by atoms with Gasteiger partial charge in [-0.15, -0.1) is 5.10 Å². The van der Waals surface area contributed by atoms with Crippen molar-refractivity contribution in [3.8, 4) is 5.88 Å². The second-order valence-corrected chi connectivity index (χ2v) is 5.45. The molecule has 0 spiro atoms. The predicted octanol–water partition coefficient (Wildman–Crippen LogP) is 2.30. The fraction of sp³-hybridized carbons (Fsp3) is 0.714. The second-order valence-electron chi connectivity index (χ2n) is 5.45. The van der Waals surface area contributed by atoms with Crippen molar-refractivity contribution in [2.24, 2.45) is 5.92 Å². The Balaban J connectivity index is 1.38. The predicted molar refractivity (Wildman–Crippen MR) is 69.3 cm³/mol. The first-order valence-electron chi connectivity index (χ1n) is 7.09. The van der Waals surface area contributed by atoms with Gasteiger partial charge in [-0.25, -0.2) is 0 Å². The molecule has 1 aromatic heterocycles. The molecule has 0 aromatic carbocycles. The highest BCUT2D eigenvalue weighted by molar-refractivity contribution is 5.11. The van der Waals surface area contributed by atoms with Crippen LogP contribution in [0.5, 0.6) is 5.88 Å². The molecule has 0 atom stereocenters. The molecule has 4 heteroatoms. The highest BCUT2D eigenvalue weighted by atomic mass is 16.5. The summed E-state index contributed by atoms with van der Waals surface area (Å²) in [5, 5.41) is 11.7. The summed E-state index contributed by atoms with van der Waals surface area (Å²) in [7, 11) is 0. The van der Waals surface area contributed by atoms with E-state index in [0.717, 1.165) is 31.2 Å². The summed E-state index contributed by atoms with van der Waals surface area (Å²) in [5.74, 6) is 1.55. The minimum Gasteiger partial charge on any atom is -0.477 e. The van der Waals surface area contributed by atoms with E-state index in [2.05, 4.69) is 15.5 Å². The summed E-state index contributed by atoms with van der Waals surface area (Å²) in [6, 6.07) is 4.64. The summed E-state index contributed by atoms with van der Waals surface area (Å²) in [5.41, 5.74) is 0.994. The Kier molecular flexibility index (Phi) is 3.74. The number of nitrogens with one attached hydrogen (secondary N) is 1. The summed E-state index contributed by atoms with van der Waals surface area (Å²) >= 11 is 0. The molecule has 98 valence electrons. The maximum Gasteiger partial charge on any atom is 0.233 e. The number of hydrogen-bond donors (Lipinski definition) is 1. The van der Waals surface area contributed by atoms with Crippen molar-refractivity contribution in [3.63, 3.8) is 0 Å². The molecule has 0 bridgehead atoms. The molecular weight excluding hydrogens is 226 g/mol. The molecule has 0 radical (unpaired) electrons. The minimum absolute atomic E-state index is 0.657. The van der Waals surface area contributed by atoms with Crippen LogP contribution in [-0.4, -0.2) is 22.8 Å². The van der Waals surface area contributed by atoms with Crippen molar-refractivity contribution in [1.82, 2.24) is 15.5 Å². The normalized spacial score (nSPS) is 19.6. The second kappa shape index (κ2) is 5.65. The highest BCUT2D eigenvalue weighted by Gasteiger charge is 2.20. The van der Waals surface area contributed by atoms with Gasteiger partial charge in [-0.3, -0.25) is 0 Å². The van der Waals surface area contributed by atoms with Crippen molar-refractivity contribution in [2.75, 3.05) is 6.61 Å². The van der Waals surface area contributed by atoms with Gasteiger partial charge in [-0.2, -0.15) is 5.10 Å². The van der Waals surface area contributed by atoms with E-state index in [-0.39, 0.29) is 0 Å². The van der Waals surface area contributed by atoms with Crippen molar-refractivity contribution < 1.29 is 4.74 Å². The first-order valence-corrected chi connectivity index (χ1v) is 7.09. The van der Waals surface area contributed by atoms with Crippen LogP contribution in [0.1, 0.15) is 44.2 Å². The third-order valence-electron chi connectivity index (χ3n) is 3.85. The molecule has 1 N–H and O–H groups in total. The van der Waals surface area contributed by atoms with Crippen molar-refractivity contribution >= 4 is 0 Å². The molecule has 2 saturated carbocycles. The van der Waals surface area contributed by atoms with Crippen LogP contribution < -0.4 is 10.1 Å². The number of hydrogen-bond acceptors (Lipinski definition) is 4. The molecule has 0 aliphatic heterocycles. The van der Waals surface area contributed by atoms with Crippen molar-refractivity contribution in [3.05, 3.63) is 17.8 Å². The first kappa shape index (κ1) is 11.9. The van der Waals surface area contributed by atoms with Gasteiger partial charge in [0.05, 0.1) is 12.3 Å². The van der Waals surface area contributed by atoms with Crippen LogP contribution >= 0.6 is 0 Å². The standard InChI is InChI=1S/C14H21N3O/c1-2-11(3-1)8-9-18-14-7-6-13(16-17-14)10-15-12-4-5-12/h6-7,11-12,15H,1-5,8-10H2. The summed E-state index contributed by atoms with van der Waals surface area (Å²) < 4.78 is 5.61. The van der Waals surface area contributed by atoms with Crippen LogP contribution in [-0.2, 0) is 6.54 Å². The zero-order valence-corrected chi connectivity index (χ0v) is 10.8. The molecule has 4 nitrogen and oxygen atoms in total. The first-order chi connectivity index (χ1) is 8.90. The Bertz CT molecular complexity index is 371. The maximum absolute atomic E-state index is 5.61. The molecule has 3 rings (SSSR count). The van der Waals surface area contributed by atoms with Gasteiger partial charge in [0, 0.05) is 18.7 Å². The Labute approximate surface area is 108 Å². The van der Waals surface area contributed by atoms with E-state index in [1.165, 1.54) is 32.1 Å². The fourth-order valence-corrected chi connectivity index (χ4v) is 2.17. The van der Waals surface area contributed by atoms with E-state index in [9.17, 15) is 0 Å². The van der Waals surface area contributed by atoms with Gasteiger partial charge in [0.1, 0.15) is 0 Å². The molecule has 1 heterocycles. The molecule has 0 saturated heterocycles. The van der Waals surface area contributed by atoms with Gasteiger partial charge in [0.2, 0.25) is 5.88 Å². The largest absolute Gasteiger partial charge is 0.477 e. The zero-order chi connectivity index (χ0) is 12.2. The lowest BCUT2D eigenvalue weighted by Crippen LogP contribution is -2.17. The number of aromatic nitrogens is 2. The van der Waals surface area contributed by atoms with Crippen molar-refractivity contribution in [1.29, 1.82) is 0 Å². The molecule has 1 aromatic rings. The monoisotopic (exact) mass is 247 g/mol. The molecule has 2 fully saturated rings. The third kappa shape index (κ3) is 3.42. The average Bonchev–Trinajstić information content (AvgIpc) is 3.15. The van der Waals surface area contributed by atoms with Gasteiger partial charge < -0.3 is 10.1 Å². The van der Waals surface area contributed by atoms with E-state index >= 15 is 0 Å². The van der Waals surface area contributed by atoms with E-state index < -0.39 is 0 Å². The highest BCUT2D eigenvalue weighted by Crippen LogP contribution is 2.29. The number of ether oxygens (including phenoxy) is 1. The van der Waals surface area contributed by atoms with E-state index in [1.54, 1.807) is 0 Å². The molecule has 18 heavy (non-hydrogen) atoms. The number of nitrogens with zero attached hydrogens (tertiary/aromatic N) is 2. The van der Waals surface area contributed by atoms with E-state index in [0.29, 0.717) is 11.9 Å². The quantitative estimate of drug-likeness (QED) is 0.803. The van der Waals surface area contributed by atoms with Gasteiger partial charge in [-0.1, -0.05) is 19.3 Å². The Morgan fingerprint density at radius 2 is 2.06 bits per heavy atom. The van der Waals surface area contributed by atoms with E-state index in [4.69, 9.17) is 4.74 Å². The third-order valence-corrected chi connectivity index (χ3v) is 3.85. The van der Waals surface area contributed by atoms with Crippen LogP contribution in [0.2, 0.25) is 0 Å². The Morgan fingerprint density at radius 3 is 2.67 bits per heavy atom. The van der Waals surface area contributed by atoms with E-state index in [1.807, 2.05) is 12.1 Å². The van der Waals surface area contributed by atoms with Gasteiger partial charge in [0.25, 0.3) is 0 Å². The van der Waals surface area contributed by atoms with Crippen LogP contribution in [0.15, 0.2) is 12.1 Å². The lowest BCUT2D eigenvalue weighted by molar-refractivity contribution is 0.216.